The number of aromatic nitrogens is 1. The third-order valence-electron chi connectivity index (χ3n) is 2.79. The molecule has 2 rings (SSSR count). The molecule has 0 radical (unpaired) electrons. The van der Waals surface area contributed by atoms with Gasteiger partial charge >= 0.3 is 0 Å². The topological polar surface area (TPSA) is 42.0 Å². The molecule has 3 heteroatoms. The summed E-state index contributed by atoms with van der Waals surface area (Å²) in [6, 6.07) is 5.30. The molecule has 1 saturated carbocycles. The Kier molecular flexibility index (Phi) is 12.4. The Labute approximate surface area is 117 Å². The zero-order valence-electron chi connectivity index (χ0n) is 12.6. The number of rotatable bonds is 3. The maximum Gasteiger partial charge on any atom is 0.194 e. The van der Waals surface area contributed by atoms with Crippen LogP contribution in [0, 0.1) is 0 Å². The zero-order valence-corrected chi connectivity index (χ0v) is 12.6. The maximum atomic E-state index is 11.1. The van der Waals surface area contributed by atoms with Gasteiger partial charge in [-0.15, -0.1) is 0 Å². The van der Waals surface area contributed by atoms with Gasteiger partial charge in [0, 0.05) is 6.20 Å². The van der Waals surface area contributed by atoms with Crippen molar-refractivity contribution in [3.8, 4) is 0 Å². The molecule has 1 aliphatic carbocycles. The molecule has 19 heavy (non-hydrogen) atoms. The minimum Gasteiger partial charge on any atom is -0.313 e. The summed E-state index contributed by atoms with van der Waals surface area (Å²) in [7, 11) is 1.74. The summed E-state index contributed by atoms with van der Waals surface area (Å²) in [6.07, 6.45) is 10.6. The van der Waals surface area contributed by atoms with Crippen molar-refractivity contribution in [2.75, 3.05) is 13.6 Å². The van der Waals surface area contributed by atoms with Crippen molar-refractivity contribution in [1.82, 2.24) is 10.3 Å². The Morgan fingerprint density at radius 3 is 2.00 bits per heavy atom. The Morgan fingerprint density at radius 1 is 1.11 bits per heavy atom. The van der Waals surface area contributed by atoms with E-state index in [4.69, 9.17) is 0 Å². The number of hydrogen-bond acceptors (Lipinski definition) is 3. The summed E-state index contributed by atoms with van der Waals surface area (Å²) in [5.74, 6) is 0.0214. The first-order valence-corrected chi connectivity index (χ1v) is 7.43. The van der Waals surface area contributed by atoms with Gasteiger partial charge in [0.15, 0.2) is 5.78 Å². The lowest BCUT2D eigenvalue weighted by Crippen LogP contribution is -2.19. The number of Topliss-reactive ketones (excluding diaryl/α,β-unsaturated/α-hetero) is 1. The molecule has 0 amide bonds. The number of ketones is 1. The lowest BCUT2D eigenvalue weighted by molar-refractivity contribution is 0.0989. The van der Waals surface area contributed by atoms with Gasteiger partial charge in [0.1, 0.15) is 5.69 Å². The molecular weight excluding hydrogens is 236 g/mol. The first-order valence-electron chi connectivity index (χ1n) is 7.43. The first-order chi connectivity index (χ1) is 9.34. The van der Waals surface area contributed by atoms with Crippen molar-refractivity contribution in [2.24, 2.45) is 0 Å². The highest BCUT2D eigenvalue weighted by Crippen LogP contribution is 2.15. The second-order valence-corrected chi connectivity index (χ2v) is 4.29. The van der Waals surface area contributed by atoms with Crippen LogP contribution in [0.3, 0.4) is 0 Å². The monoisotopic (exact) mass is 264 g/mol. The van der Waals surface area contributed by atoms with Gasteiger partial charge in [0.05, 0.1) is 6.54 Å². The lowest BCUT2D eigenvalue weighted by atomic mass is 10.0. The number of pyridine rings is 1. The van der Waals surface area contributed by atoms with Crippen LogP contribution in [-0.4, -0.2) is 24.4 Å². The van der Waals surface area contributed by atoms with Crippen molar-refractivity contribution in [3.63, 3.8) is 0 Å². The minimum atomic E-state index is 0.0214. The highest BCUT2D eigenvalue weighted by atomic mass is 16.1. The average Bonchev–Trinajstić information content (AvgIpc) is 2.53. The molecule has 0 aromatic carbocycles. The lowest BCUT2D eigenvalue weighted by Gasteiger charge is -2.05. The maximum absolute atomic E-state index is 11.1. The van der Waals surface area contributed by atoms with E-state index >= 15 is 0 Å². The number of likely N-dealkylation sites (N-methyl/N-ethyl adjacent to an activating group) is 1. The molecule has 0 atom stereocenters. The smallest absolute Gasteiger partial charge is 0.194 e. The Morgan fingerprint density at radius 2 is 1.63 bits per heavy atom. The number of carbonyl (C=O) groups excluding carboxylic acids is 1. The summed E-state index contributed by atoms with van der Waals surface area (Å²) in [6.45, 7) is 4.34. The number of carbonyl (C=O) groups is 1. The van der Waals surface area contributed by atoms with Crippen LogP contribution in [0.25, 0.3) is 0 Å². The van der Waals surface area contributed by atoms with E-state index in [1.807, 2.05) is 13.8 Å². The molecule has 1 aromatic rings. The molecular formula is C16H28N2O. The van der Waals surface area contributed by atoms with Crippen LogP contribution in [0.4, 0.5) is 0 Å². The van der Waals surface area contributed by atoms with Gasteiger partial charge in [-0.3, -0.25) is 9.78 Å². The van der Waals surface area contributed by atoms with Crippen molar-refractivity contribution in [2.45, 2.75) is 52.4 Å². The van der Waals surface area contributed by atoms with Crippen molar-refractivity contribution < 1.29 is 4.79 Å². The summed E-state index contributed by atoms with van der Waals surface area (Å²) in [5, 5.41) is 2.78. The van der Waals surface area contributed by atoms with Gasteiger partial charge in [-0.2, -0.15) is 0 Å². The molecule has 0 spiro atoms. The number of hydrogen-bond donors (Lipinski definition) is 1. The van der Waals surface area contributed by atoms with Crippen LogP contribution in [-0.2, 0) is 0 Å². The quantitative estimate of drug-likeness (QED) is 0.843. The molecule has 108 valence electrons. The van der Waals surface area contributed by atoms with Crippen LogP contribution in [0.5, 0.6) is 0 Å². The Hall–Kier alpha value is -1.22. The molecule has 0 unspecified atom stereocenters. The van der Waals surface area contributed by atoms with Gasteiger partial charge in [0.2, 0.25) is 0 Å². The molecule has 0 saturated heterocycles. The number of nitrogens with one attached hydrogen (secondary N) is 1. The fraction of sp³-hybridized carbons (Fsp3) is 0.625. The van der Waals surface area contributed by atoms with Crippen LogP contribution in [0.15, 0.2) is 24.4 Å². The fourth-order valence-electron chi connectivity index (χ4n) is 1.84. The predicted molar refractivity (Wildman–Crippen MR) is 81.5 cm³/mol. The largest absolute Gasteiger partial charge is 0.313 e. The average molecular weight is 264 g/mol. The summed E-state index contributed by atoms with van der Waals surface area (Å²) >= 11 is 0. The second-order valence-electron chi connectivity index (χ2n) is 4.29. The first kappa shape index (κ1) is 17.8. The third-order valence-corrected chi connectivity index (χ3v) is 2.79. The van der Waals surface area contributed by atoms with Gasteiger partial charge in [-0.05, 0) is 19.2 Å². The summed E-state index contributed by atoms with van der Waals surface area (Å²) in [4.78, 5) is 15.0. The highest BCUT2D eigenvalue weighted by molar-refractivity contribution is 5.95. The number of nitrogens with zero attached hydrogens (tertiary/aromatic N) is 1. The van der Waals surface area contributed by atoms with E-state index in [0.29, 0.717) is 12.2 Å². The molecule has 1 N–H and O–H groups in total. The normalized spacial score (nSPS) is 13.4. The molecule has 0 aliphatic heterocycles. The summed E-state index contributed by atoms with van der Waals surface area (Å²) < 4.78 is 0. The van der Waals surface area contributed by atoms with Crippen molar-refractivity contribution in [3.05, 3.63) is 30.1 Å². The van der Waals surface area contributed by atoms with E-state index < -0.39 is 0 Å². The van der Waals surface area contributed by atoms with E-state index in [2.05, 4.69) is 10.3 Å². The Bertz CT molecular complexity index is 296. The standard InChI is InChI=1S/C8H10N2O.C6H12.C2H6/c1-9-6-8(11)7-4-2-3-5-10-7;1-2-4-6-5-3-1;1-2/h2-5,9H,6H2,1H3;1-6H2;1-2H3. The second kappa shape index (κ2) is 13.2. The molecule has 1 aliphatic rings. The fourth-order valence-corrected chi connectivity index (χ4v) is 1.84. The zero-order chi connectivity index (χ0) is 14.3. The SMILES string of the molecule is C1CCCCC1.CC.CNCC(=O)c1ccccn1. The van der Waals surface area contributed by atoms with E-state index in [-0.39, 0.29) is 5.78 Å². The Balaban J connectivity index is 0.000000341. The molecule has 3 nitrogen and oxygen atoms in total. The summed E-state index contributed by atoms with van der Waals surface area (Å²) in [5.41, 5.74) is 0.516. The van der Waals surface area contributed by atoms with Gasteiger partial charge in [0.25, 0.3) is 0 Å². The minimum absolute atomic E-state index is 0.0214. The van der Waals surface area contributed by atoms with E-state index in [9.17, 15) is 4.79 Å². The van der Waals surface area contributed by atoms with E-state index in [0.717, 1.165) is 0 Å². The van der Waals surface area contributed by atoms with Gasteiger partial charge in [-0.25, -0.2) is 0 Å². The van der Waals surface area contributed by atoms with Crippen molar-refractivity contribution >= 4 is 5.78 Å². The molecule has 0 bridgehead atoms. The van der Waals surface area contributed by atoms with Crippen LogP contribution in [0.1, 0.15) is 62.9 Å². The van der Waals surface area contributed by atoms with E-state index in [1.54, 1.807) is 31.4 Å². The van der Waals surface area contributed by atoms with Crippen molar-refractivity contribution in [1.29, 1.82) is 0 Å². The van der Waals surface area contributed by atoms with Crippen LogP contribution >= 0.6 is 0 Å². The molecule has 1 aromatic heterocycles. The molecule has 1 fully saturated rings. The van der Waals surface area contributed by atoms with Gasteiger partial charge < -0.3 is 5.32 Å². The highest BCUT2D eigenvalue weighted by Gasteiger charge is 2.02. The third kappa shape index (κ3) is 9.37. The van der Waals surface area contributed by atoms with Gasteiger partial charge in [-0.1, -0.05) is 58.4 Å². The predicted octanol–water partition coefficient (Wildman–Crippen LogP) is 3.85. The van der Waals surface area contributed by atoms with Crippen LogP contribution < -0.4 is 5.32 Å². The molecule has 1 heterocycles. The van der Waals surface area contributed by atoms with E-state index in [1.165, 1.54) is 38.5 Å². The van der Waals surface area contributed by atoms with Crippen LogP contribution in [0.2, 0.25) is 0 Å².